The Morgan fingerprint density at radius 3 is 2.39 bits per heavy atom. The molecule has 6 nitrogen and oxygen atoms in total. The minimum Gasteiger partial charge on any atom is -0.486 e. The molecule has 0 amide bonds. The average molecular weight is 518 g/mol. The number of β-amino-alcohol motifs (C(OH)–C–C–N with tert-alkyl or cyclic N) is 1. The van der Waals surface area contributed by atoms with Crippen molar-refractivity contribution in [1.82, 2.24) is 9.88 Å². The number of piperazine rings is 1. The lowest BCUT2D eigenvalue weighted by atomic mass is 10.0. The molecule has 2 aromatic carbocycles. The number of aromatic nitrogens is 1. The molecule has 2 aliphatic heterocycles. The molecule has 0 atom stereocenters. The molecule has 0 spiro atoms. The number of pyridine rings is 1. The first-order valence-electron chi connectivity index (χ1n) is 11.7. The standard InChI is InChI=1S/C26H26F3N3O3S/c27-26(28,29)21-15-18(1-4-24(21)36-20-2-3-22-23(17-20)35-14-13-34-22)19-5-6-30-25(16-19)32-9-7-31(8-10-32)11-12-33/h1-6,15-17,33H,7-14H2. The van der Waals surface area contributed by atoms with Gasteiger partial charge in [-0.15, -0.1) is 0 Å². The second kappa shape index (κ2) is 10.6. The number of anilines is 1. The van der Waals surface area contributed by atoms with Gasteiger partial charge in [0.05, 0.1) is 12.2 Å². The highest BCUT2D eigenvalue weighted by molar-refractivity contribution is 7.99. The van der Waals surface area contributed by atoms with Gasteiger partial charge in [0, 0.05) is 48.7 Å². The number of benzene rings is 2. The molecule has 0 aliphatic carbocycles. The summed E-state index contributed by atoms with van der Waals surface area (Å²) in [5.41, 5.74) is 0.478. The van der Waals surface area contributed by atoms with Crippen molar-refractivity contribution in [1.29, 1.82) is 0 Å². The first-order chi connectivity index (χ1) is 17.4. The predicted molar refractivity (Wildman–Crippen MR) is 132 cm³/mol. The number of hydrogen-bond donors (Lipinski definition) is 1. The number of aliphatic hydroxyl groups excluding tert-OH is 1. The molecule has 1 aromatic heterocycles. The van der Waals surface area contributed by atoms with E-state index in [-0.39, 0.29) is 11.5 Å². The molecule has 5 rings (SSSR count). The molecule has 36 heavy (non-hydrogen) atoms. The zero-order valence-electron chi connectivity index (χ0n) is 19.5. The van der Waals surface area contributed by atoms with Gasteiger partial charge in [0.1, 0.15) is 19.0 Å². The van der Waals surface area contributed by atoms with E-state index in [4.69, 9.17) is 14.6 Å². The molecule has 1 N–H and O–H groups in total. The molecule has 190 valence electrons. The van der Waals surface area contributed by atoms with Crippen LogP contribution < -0.4 is 14.4 Å². The summed E-state index contributed by atoms with van der Waals surface area (Å²) in [4.78, 5) is 9.51. The van der Waals surface area contributed by atoms with Crippen molar-refractivity contribution in [3.05, 3.63) is 60.3 Å². The number of hydrogen-bond acceptors (Lipinski definition) is 7. The Bertz CT molecular complexity index is 1220. The van der Waals surface area contributed by atoms with Crippen molar-refractivity contribution in [2.45, 2.75) is 16.0 Å². The van der Waals surface area contributed by atoms with Crippen LogP contribution in [0.5, 0.6) is 11.5 Å². The monoisotopic (exact) mass is 517 g/mol. The van der Waals surface area contributed by atoms with Crippen LogP contribution >= 0.6 is 11.8 Å². The lowest BCUT2D eigenvalue weighted by Crippen LogP contribution is -2.47. The van der Waals surface area contributed by atoms with Crippen LogP contribution in [0.15, 0.2) is 64.5 Å². The van der Waals surface area contributed by atoms with Crippen LogP contribution in [0.4, 0.5) is 19.0 Å². The molecule has 3 aromatic rings. The third kappa shape index (κ3) is 5.55. The Kier molecular flexibility index (Phi) is 7.27. The lowest BCUT2D eigenvalue weighted by molar-refractivity contribution is -0.139. The summed E-state index contributed by atoms with van der Waals surface area (Å²) >= 11 is 1.05. The fraction of sp³-hybridized carbons (Fsp3) is 0.346. The molecule has 1 fully saturated rings. The van der Waals surface area contributed by atoms with Gasteiger partial charge >= 0.3 is 6.18 Å². The zero-order valence-corrected chi connectivity index (χ0v) is 20.3. The van der Waals surface area contributed by atoms with E-state index in [1.165, 1.54) is 12.1 Å². The SMILES string of the molecule is OCCN1CCN(c2cc(-c3ccc(Sc4ccc5c(c4)OCCO5)c(C(F)(F)F)c3)ccn2)CC1. The Labute approximate surface area is 211 Å². The zero-order chi connectivity index (χ0) is 25.1. The van der Waals surface area contributed by atoms with Crippen LogP contribution in [0.25, 0.3) is 11.1 Å². The summed E-state index contributed by atoms with van der Waals surface area (Å²) in [6.07, 6.45) is -2.87. The molecular weight excluding hydrogens is 491 g/mol. The summed E-state index contributed by atoms with van der Waals surface area (Å²) in [6.45, 7) is 4.72. The Balaban J connectivity index is 1.39. The van der Waals surface area contributed by atoms with Crippen molar-refractivity contribution < 1.29 is 27.8 Å². The van der Waals surface area contributed by atoms with Gasteiger partial charge in [-0.1, -0.05) is 17.8 Å². The number of aliphatic hydroxyl groups is 1. The molecule has 0 unspecified atom stereocenters. The molecule has 3 heterocycles. The van der Waals surface area contributed by atoms with Crippen LogP contribution in [-0.2, 0) is 6.18 Å². The minimum atomic E-state index is -4.51. The van der Waals surface area contributed by atoms with Gasteiger partial charge in [0.25, 0.3) is 0 Å². The first-order valence-corrected chi connectivity index (χ1v) is 12.6. The van der Waals surface area contributed by atoms with E-state index < -0.39 is 11.7 Å². The first kappa shape index (κ1) is 24.7. The van der Waals surface area contributed by atoms with Gasteiger partial charge in [0.2, 0.25) is 0 Å². The highest BCUT2D eigenvalue weighted by atomic mass is 32.2. The Hall–Kier alpha value is -2.95. The molecule has 0 saturated carbocycles. The minimum absolute atomic E-state index is 0.122. The van der Waals surface area contributed by atoms with Crippen molar-refractivity contribution in [3.63, 3.8) is 0 Å². The van der Waals surface area contributed by atoms with E-state index in [0.29, 0.717) is 47.3 Å². The van der Waals surface area contributed by atoms with Crippen LogP contribution in [0.3, 0.4) is 0 Å². The van der Waals surface area contributed by atoms with E-state index in [1.54, 1.807) is 36.5 Å². The van der Waals surface area contributed by atoms with Gasteiger partial charge in [-0.05, 0) is 53.6 Å². The Morgan fingerprint density at radius 1 is 0.889 bits per heavy atom. The summed E-state index contributed by atoms with van der Waals surface area (Å²) in [7, 11) is 0. The van der Waals surface area contributed by atoms with Crippen LogP contribution in [0, 0.1) is 0 Å². The highest BCUT2D eigenvalue weighted by Gasteiger charge is 2.34. The summed E-state index contributed by atoms with van der Waals surface area (Å²) < 4.78 is 53.3. The summed E-state index contributed by atoms with van der Waals surface area (Å²) in [5, 5.41) is 9.13. The third-order valence-corrected chi connectivity index (χ3v) is 7.28. The van der Waals surface area contributed by atoms with Crippen LogP contribution in [-0.4, -0.2) is 67.5 Å². The summed E-state index contributed by atoms with van der Waals surface area (Å²) in [5.74, 6) is 1.87. The summed E-state index contributed by atoms with van der Waals surface area (Å²) in [6, 6.07) is 13.2. The van der Waals surface area contributed by atoms with E-state index >= 15 is 0 Å². The van der Waals surface area contributed by atoms with Gasteiger partial charge in [-0.3, -0.25) is 4.90 Å². The normalized spacial score (nSPS) is 16.3. The van der Waals surface area contributed by atoms with Crippen LogP contribution in [0.1, 0.15) is 5.56 Å². The highest BCUT2D eigenvalue weighted by Crippen LogP contribution is 2.43. The second-order valence-electron chi connectivity index (χ2n) is 8.57. The Morgan fingerprint density at radius 2 is 1.64 bits per heavy atom. The van der Waals surface area contributed by atoms with Crippen LogP contribution in [0.2, 0.25) is 0 Å². The maximum atomic E-state index is 14.1. The predicted octanol–water partition coefficient (Wildman–Crippen LogP) is 4.80. The van der Waals surface area contributed by atoms with E-state index in [1.807, 2.05) is 6.07 Å². The fourth-order valence-corrected chi connectivity index (χ4v) is 5.32. The molecular formula is C26H26F3N3O3S. The molecule has 0 bridgehead atoms. The number of halogens is 3. The topological polar surface area (TPSA) is 58.1 Å². The molecule has 0 radical (unpaired) electrons. The third-order valence-electron chi connectivity index (χ3n) is 6.22. The second-order valence-corrected chi connectivity index (χ2v) is 9.69. The van der Waals surface area contributed by atoms with Gasteiger partial charge < -0.3 is 19.5 Å². The van der Waals surface area contributed by atoms with Crippen molar-refractivity contribution >= 4 is 17.6 Å². The maximum Gasteiger partial charge on any atom is 0.417 e. The number of fused-ring (bicyclic) bond motifs is 1. The maximum absolute atomic E-state index is 14.1. The quantitative estimate of drug-likeness (QED) is 0.504. The van der Waals surface area contributed by atoms with Gasteiger partial charge in [-0.2, -0.15) is 13.2 Å². The number of nitrogens with zero attached hydrogens (tertiary/aromatic N) is 3. The molecule has 2 aliphatic rings. The lowest BCUT2D eigenvalue weighted by Gasteiger charge is -2.35. The molecule has 10 heteroatoms. The number of alkyl halides is 3. The smallest absolute Gasteiger partial charge is 0.417 e. The number of rotatable bonds is 6. The largest absolute Gasteiger partial charge is 0.486 e. The van der Waals surface area contributed by atoms with Crippen molar-refractivity contribution in [2.75, 3.05) is 57.4 Å². The van der Waals surface area contributed by atoms with Gasteiger partial charge in [0.15, 0.2) is 11.5 Å². The average Bonchev–Trinajstić information content (AvgIpc) is 2.89. The molecule has 1 saturated heterocycles. The van der Waals surface area contributed by atoms with E-state index in [2.05, 4.69) is 14.8 Å². The van der Waals surface area contributed by atoms with Crippen molar-refractivity contribution in [3.8, 4) is 22.6 Å². The van der Waals surface area contributed by atoms with Crippen molar-refractivity contribution in [2.24, 2.45) is 0 Å². The van der Waals surface area contributed by atoms with E-state index in [9.17, 15) is 13.2 Å². The fourth-order valence-electron chi connectivity index (χ4n) is 4.35. The number of ether oxygens (including phenoxy) is 2. The van der Waals surface area contributed by atoms with E-state index in [0.717, 1.165) is 43.8 Å². The van der Waals surface area contributed by atoms with Gasteiger partial charge in [-0.25, -0.2) is 4.98 Å².